The molecule has 3 nitrogen and oxygen atoms in total. The third kappa shape index (κ3) is 3.51. The van der Waals surface area contributed by atoms with Crippen LogP contribution in [0.15, 0.2) is 60.7 Å². The van der Waals surface area contributed by atoms with Crippen LogP contribution < -0.4 is 5.32 Å². The maximum absolute atomic E-state index is 11.1. The van der Waals surface area contributed by atoms with Gasteiger partial charge < -0.3 is 5.11 Å². The highest BCUT2D eigenvalue weighted by Crippen LogP contribution is 2.34. The molecule has 1 saturated heterocycles. The van der Waals surface area contributed by atoms with E-state index in [4.69, 9.17) is 5.11 Å². The summed E-state index contributed by atoms with van der Waals surface area (Å²) < 4.78 is 0. The number of hydrogen-bond donors (Lipinski definition) is 2. The molecule has 1 aliphatic rings. The smallest absolute Gasteiger partial charge is 0.321 e. The largest absolute Gasteiger partial charge is 0.480 e. The number of thioether (sulfide) groups is 1. The van der Waals surface area contributed by atoms with E-state index in [-0.39, 0.29) is 11.3 Å². The van der Waals surface area contributed by atoms with E-state index in [9.17, 15) is 4.79 Å². The van der Waals surface area contributed by atoms with Gasteiger partial charge in [0.15, 0.2) is 0 Å². The molecule has 2 aromatic rings. The van der Waals surface area contributed by atoms with Gasteiger partial charge in [0.2, 0.25) is 0 Å². The third-order valence-corrected chi connectivity index (χ3v) is 5.26. The number of benzene rings is 2. The van der Waals surface area contributed by atoms with Crippen molar-refractivity contribution in [3.8, 4) is 0 Å². The topological polar surface area (TPSA) is 49.3 Å². The second kappa shape index (κ2) is 6.99. The lowest BCUT2D eigenvalue weighted by Gasteiger charge is -2.22. The van der Waals surface area contributed by atoms with Crippen LogP contribution in [0.2, 0.25) is 0 Å². The summed E-state index contributed by atoms with van der Waals surface area (Å²) in [6.45, 7) is 0. The molecule has 2 aromatic carbocycles. The Morgan fingerprint density at radius 3 is 2.09 bits per heavy atom. The summed E-state index contributed by atoms with van der Waals surface area (Å²) in [5.74, 6) is 0.155. The van der Waals surface area contributed by atoms with Gasteiger partial charge in [0.05, 0.1) is 5.37 Å². The van der Waals surface area contributed by atoms with Gasteiger partial charge in [-0.15, -0.1) is 11.8 Å². The Balaban J connectivity index is 1.80. The molecule has 114 valence electrons. The summed E-state index contributed by atoms with van der Waals surface area (Å²) in [7, 11) is 0. The van der Waals surface area contributed by atoms with Crippen molar-refractivity contribution in [3.05, 3.63) is 71.8 Å². The van der Waals surface area contributed by atoms with Gasteiger partial charge in [-0.3, -0.25) is 10.1 Å². The first-order chi connectivity index (χ1) is 10.7. The van der Waals surface area contributed by atoms with Crippen molar-refractivity contribution in [3.63, 3.8) is 0 Å². The maximum Gasteiger partial charge on any atom is 0.321 e. The molecule has 4 heteroatoms. The SMILES string of the molecule is O=C(O)C1CSC(CC(c2ccccc2)c2ccccc2)N1. The fraction of sp³-hybridized carbons (Fsp3) is 0.278. The first-order valence-electron chi connectivity index (χ1n) is 7.44. The minimum Gasteiger partial charge on any atom is -0.480 e. The molecule has 2 unspecified atom stereocenters. The fourth-order valence-corrected chi connectivity index (χ4v) is 4.11. The average Bonchev–Trinajstić information content (AvgIpc) is 3.03. The lowest BCUT2D eigenvalue weighted by Crippen LogP contribution is -2.37. The van der Waals surface area contributed by atoms with Crippen LogP contribution in [-0.4, -0.2) is 28.2 Å². The van der Waals surface area contributed by atoms with E-state index in [1.54, 1.807) is 11.8 Å². The van der Waals surface area contributed by atoms with E-state index >= 15 is 0 Å². The summed E-state index contributed by atoms with van der Waals surface area (Å²) in [5, 5.41) is 12.5. The van der Waals surface area contributed by atoms with Gasteiger partial charge in [0.25, 0.3) is 0 Å². The zero-order chi connectivity index (χ0) is 15.4. The predicted molar refractivity (Wildman–Crippen MR) is 90.1 cm³/mol. The normalized spacial score (nSPS) is 21.1. The number of carbonyl (C=O) groups is 1. The molecule has 22 heavy (non-hydrogen) atoms. The fourth-order valence-electron chi connectivity index (χ4n) is 2.86. The lowest BCUT2D eigenvalue weighted by molar-refractivity contribution is -0.138. The van der Waals surface area contributed by atoms with Gasteiger partial charge in [0, 0.05) is 11.7 Å². The Kier molecular flexibility index (Phi) is 4.80. The van der Waals surface area contributed by atoms with Crippen molar-refractivity contribution in [2.75, 3.05) is 5.75 Å². The molecule has 0 saturated carbocycles. The van der Waals surface area contributed by atoms with Gasteiger partial charge in [-0.2, -0.15) is 0 Å². The summed E-state index contributed by atoms with van der Waals surface area (Å²) in [6.07, 6.45) is 0.891. The van der Waals surface area contributed by atoms with Crippen LogP contribution in [0.1, 0.15) is 23.5 Å². The molecule has 0 spiro atoms. The highest BCUT2D eigenvalue weighted by Gasteiger charge is 2.31. The Morgan fingerprint density at radius 1 is 1.09 bits per heavy atom. The highest BCUT2D eigenvalue weighted by molar-refractivity contribution is 8.00. The Labute approximate surface area is 134 Å². The van der Waals surface area contributed by atoms with E-state index in [1.165, 1.54) is 11.1 Å². The first kappa shape index (κ1) is 15.1. The molecule has 1 aliphatic heterocycles. The van der Waals surface area contributed by atoms with Gasteiger partial charge in [-0.1, -0.05) is 60.7 Å². The molecular formula is C18H19NO2S. The zero-order valence-corrected chi connectivity index (χ0v) is 13.0. The molecule has 3 rings (SSSR count). The minimum atomic E-state index is -0.758. The molecule has 0 amide bonds. The van der Waals surface area contributed by atoms with E-state index in [1.807, 2.05) is 12.1 Å². The van der Waals surface area contributed by atoms with Crippen molar-refractivity contribution in [1.82, 2.24) is 5.32 Å². The number of carboxylic acid groups (broad SMARTS) is 1. The molecule has 2 N–H and O–H groups in total. The van der Waals surface area contributed by atoms with Gasteiger partial charge >= 0.3 is 5.97 Å². The molecule has 1 fully saturated rings. The maximum atomic E-state index is 11.1. The van der Waals surface area contributed by atoms with Gasteiger partial charge in [-0.25, -0.2) is 0 Å². The molecule has 0 aromatic heterocycles. The van der Waals surface area contributed by atoms with Crippen LogP contribution in [0.4, 0.5) is 0 Å². The van der Waals surface area contributed by atoms with Crippen molar-refractivity contribution in [2.45, 2.75) is 23.8 Å². The van der Waals surface area contributed by atoms with Crippen molar-refractivity contribution >= 4 is 17.7 Å². The third-order valence-electron chi connectivity index (χ3n) is 4.00. The number of rotatable bonds is 5. The van der Waals surface area contributed by atoms with E-state index in [0.717, 1.165) is 6.42 Å². The van der Waals surface area contributed by atoms with Gasteiger partial charge in [-0.05, 0) is 17.5 Å². The lowest BCUT2D eigenvalue weighted by atomic mass is 9.88. The summed E-state index contributed by atoms with van der Waals surface area (Å²) in [4.78, 5) is 11.1. The van der Waals surface area contributed by atoms with Crippen LogP contribution >= 0.6 is 11.8 Å². The van der Waals surface area contributed by atoms with Crippen LogP contribution in [0.5, 0.6) is 0 Å². The number of nitrogens with one attached hydrogen (secondary N) is 1. The summed E-state index contributed by atoms with van der Waals surface area (Å²) in [5.41, 5.74) is 2.55. The summed E-state index contributed by atoms with van der Waals surface area (Å²) >= 11 is 1.70. The van der Waals surface area contributed by atoms with E-state index < -0.39 is 12.0 Å². The summed E-state index contributed by atoms with van der Waals surface area (Å²) in [6, 6.07) is 20.4. The zero-order valence-electron chi connectivity index (χ0n) is 12.2. The first-order valence-corrected chi connectivity index (χ1v) is 8.49. The Bertz CT molecular complexity index is 578. The highest BCUT2D eigenvalue weighted by atomic mass is 32.2. The molecule has 1 heterocycles. The van der Waals surface area contributed by atoms with Crippen LogP contribution in [0.3, 0.4) is 0 Å². The number of aliphatic carboxylic acids is 1. The number of hydrogen-bond acceptors (Lipinski definition) is 3. The monoisotopic (exact) mass is 313 g/mol. The molecule has 0 bridgehead atoms. The van der Waals surface area contributed by atoms with Crippen LogP contribution in [0.25, 0.3) is 0 Å². The quantitative estimate of drug-likeness (QED) is 0.889. The van der Waals surface area contributed by atoms with E-state index in [0.29, 0.717) is 5.75 Å². The molecule has 2 atom stereocenters. The van der Waals surface area contributed by atoms with Crippen molar-refractivity contribution in [2.24, 2.45) is 0 Å². The number of carboxylic acids is 1. The Hall–Kier alpha value is -1.78. The van der Waals surface area contributed by atoms with Crippen LogP contribution in [-0.2, 0) is 4.79 Å². The van der Waals surface area contributed by atoms with Gasteiger partial charge in [0.1, 0.15) is 6.04 Å². The Morgan fingerprint density at radius 2 is 1.64 bits per heavy atom. The second-order valence-corrected chi connectivity index (χ2v) is 6.72. The molecule has 0 aliphatic carbocycles. The predicted octanol–water partition coefficient (Wildman–Crippen LogP) is 3.32. The molecular weight excluding hydrogens is 294 g/mol. The second-order valence-electron chi connectivity index (χ2n) is 5.49. The standard InChI is InChI=1S/C18H19NO2S/c20-18(21)16-12-22-17(19-16)11-15(13-7-3-1-4-8-13)14-9-5-2-6-10-14/h1-10,15-17,19H,11-12H2,(H,20,21). The van der Waals surface area contributed by atoms with Crippen molar-refractivity contribution < 1.29 is 9.90 Å². The minimum absolute atomic E-state index is 0.173. The van der Waals surface area contributed by atoms with E-state index in [2.05, 4.69) is 53.8 Å². The van der Waals surface area contributed by atoms with Crippen molar-refractivity contribution in [1.29, 1.82) is 0 Å². The molecule has 0 radical (unpaired) electrons. The van der Waals surface area contributed by atoms with Crippen LogP contribution in [0, 0.1) is 0 Å². The average molecular weight is 313 g/mol.